The molecule has 1 aromatic carbocycles. The molecule has 0 saturated carbocycles. The number of nitrogens with zero attached hydrogens (tertiary/aromatic N) is 1. The molecule has 0 radical (unpaired) electrons. The lowest BCUT2D eigenvalue weighted by Gasteiger charge is -2.34. The Morgan fingerprint density at radius 3 is 2.89 bits per heavy atom. The summed E-state index contributed by atoms with van der Waals surface area (Å²) in [6.07, 6.45) is 3.97. The van der Waals surface area contributed by atoms with Crippen LogP contribution in [0.4, 0.5) is 5.69 Å². The fraction of sp³-hybridized carbons (Fsp3) is 0.600. The summed E-state index contributed by atoms with van der Waals surface area (Å²) in [5, 5.41) is 0. The van der Waals surface area contributed by atoms with Crippen molar-refractivity contribution in [3.63, 3.8) is 0 Å². The van der Waals surface area contributed by atoms with Crippen molar-refractivity contribution in [1.82, 2.24) is 0 Å². The largest absolute Gasteiger partial charge is 0.370 e. The molecule has 18 heavy (non-hydrogen) atoms. The van der Waals surface area contributed by atoms with Crippen LogP contribution in [-0.2, 0) is 0 Å². The summed E-state index contributed by atoms with van der Waals surface area (Å²) >= 11 is 3.70. The van der Waals surface area contributed by atoms with Crippen LogP contribution in [0.3, 0.4) is 0 Å². The van der Waals surface area contributed by atoms with Gasteiger partial charge in [0.25, 0.3) is 0 Å². The second-order valence-electron chi connectivity index (χ2n) is 5.36. The molecule has 1 aromatic rings. The molecule has 0 amide bonds. The highest BCUT2D eigenvalue weighted by molar-refractivity contribution is 9.10. The second-order valence-corrected chi connectivity index (χ2v) is 6.22. The Hall–Kier alpha value is -0.540. The highest BCUT2D eigenvalue weighted by atomic mass is 79.9. The quantitative estimate of drug-likeness (QED) is 0.911. The molecule has 2 atom stereocenters. The maximum Gasteiger partial charge on any atom is 0.0510 e. The highest BCUT2D eigenvalue weighted by Gasteiger charge is 2.20. The first-order valence-corrected chi connectivity index (χ1v) is 7.71. The molecule has 100 valence electrons. The average molecular weight is 311 g/mol. The Bertz CT molecular complexity index is 403. The molecule has 2 rings (SSSR count). The molecule has 0 aromatic heterocycles. The average Bonchev–Trinajstić information content (AvgIpc) is 2.38. The normalized spacial score (nSPS) is 22.0. The summed E-state index contributed by atoms with van der Waals surface area (Å²) in [4.78, 5) is 2.51. The predicted octanol–water partition coefficient (Wildman–Crippen LogP) is 4.10. The summed E-state index contributed by atoms with van der Waals surface area (Å²) in [5.41, 5.74) is 8.43. The summed E-state index contributed by atoms with van der Waals surface area (Å²) < 4.78 is 1.18. The number of hydrogen-bond acceptors (Lipinski definition) is 2. The van der Waals surface area contributed by atoms with E-state index in [-0.39, 0.29) is 6.04 Å². The van der Waals surface area contributed by atoms with E-state index < -0.39 is 0 Å². The zero-order valence-corrected chi connectivity index (χ0v) is 12.9. The van der Waals surface area contributed by atoms with Crippen molar-refractivity contribution in [2.75, 3.05) is 18.0 Å². The predicted molar refractivity (Wildman–Crippen MR) is 82.0 cm³/mol. The Labute approximate surface area is 119 Å². The van der Waals surface area contributed by atoms with Crippen LogP contribution in [0.2, 0.25) is 0 Å². The molecule has 1 heterocycles. The van der Waals surface area contributed by atoms with Crippen LogP contribution in [0.25, 0.3) is 0 Å². The van der Waals surface area contributed by atoms with Crippen molar-refractivity contribution in [2.45, 2.75) is 39.2 Å². The number of anilines is 1. The Kier molecular flexibility index (Phi) is 4.68. The number of halogens is 1. The lowest BCUT2D eigenvalue weighted by Crippen LogP contribution is -2.35. The van der Waals surface area contributed by atoms with Gasteiger partial charge in [0.05, 0.1) is 5.69 Å². The van der Waals surface area contributed by atoms with Gasteiger partial charge in [-0.15, -0.1) is 0 Å². The maximum atomic E-state index is 5.92. The molecule has 1 aliphatic heterocycles. The SMILES string of the molecule is CCC1CCCN(c2ccc([C@@H](C)N)cc2Br)C1. The third-order valence-corrected chi connectivity index (χ3v) is 4.57. The molecule has 3 heteroatoms. The Morgan fingerprint density at radius 1 is 1.50 bits per heavy atom. The monoisotopic (exact) mass is 310 g/mol. The van der Waals surface area contributed by atoms with E-state index in [0.717, 1.165) is 5.92 Å². The van der Waals surface area contributed by atoms with Crippen LogP contribution in [0, 0.1) is 5.92 Å². The second kappa shape index (κ2) is 6.07. The van der Waals surface area contributed by atoms with E-state index in [1.807, 2.05) is 6.92 Å². The van der Waals surface area contributed by atoms with Crippen LogP contribution in [0.5, 0.6) is 0 Å². The van der Waals surface area contributed by atoms with Crippen molar-refractivity contribution in [3.05, 3.63) is 28.2 Å². The number of piperidine rings is 1. The highest BCUT2D eigenvalue weighted by Crippen LogP contribution is 2.32. The van der Waals surface area contributed by atoms with Crippen molar-refractivity contribution in [1.29, 1.82) is 0 Å². The molecule has 1 saturated heterocycles. The van der Waals surface area contributed by atoms with Gasteiger partial charge in [0, 0.05) is 23.6 Å². The molecule has 2 nitrogen and oxygen atoms in total. The van der Waals surface area contributed by atoms with Gasteiger partial charge in [-0.2, -0.15) is 0 Å². The number of nitrogens with two attached hydrogens (primary N) is 1. The van der Waals surface area contributed by atoms with Crippen LogP contribution < -0.4 is 10.6 Å². The minimum atomic E-state index is 0.0973. The number of benzene rings is 1. The summed E-state index contributed by atoms with van der Waals surface area (Å²) in [7, 11) is 0. The van der Waals surface area contributed by atoms with Gasteiger partial charge in [-0.3, -0.25) is 0 Å². The van der Waals surface area contributed by atoms with Gasteiger partial charge in [0.15, 0.2) is 0 Å². The van der Waals surface area contributed by atoms with E-state index >= 15 is 0 Å². The topological polar surface area (TPSA) is 29.3 Å². The van der Waals surface area contributed by atoms with Crippen molar-refractivity contribution in [2.24, 2.45) is 11.7 Å². The molecular weight excluding hydrogens is 288 g/mol. The van der Waals surface area contributed by atoms with Crippen molar-refractivity contribution < 1.29 is 0 Å². The molecule has 0 aliphatic carbocycles. The van der Waals surface area contributed by atoms with E-state index in [1.54, 1.807) is 0 Å². The van der Waals surface area contributed by atoms with Gasteiger partial charge < -0.3 is 10.6 Å². The minimum absolute atomic E-state index is 0.0973. The van der Waals surface area contributed by atoms with E-state index in [9.17, 15) is 0 Å². The van der Waals surface area contributed by atoms with Gasteiger partial charge in [-0.1, -0.05) is 19.4 Å². The third-order valence-electron chi connectivity index (χ3n) is 3.93. The molecule has 0 spiro atoms. The fourth-order valence-corrected chi connectivity index (χ4v) is 3.33. The first kappa shape index (κ1) is 13.9. The van der Waals surface area contributed by atoms with Crippen LogP contribution in [0.1, 0.15) is 44.7 Å². The molecule has 1 fully saturated rings. The van der Waals surface area contributed by atoms with E-state index in [4.69, 9.17) is 5.73 Å². The Morgan fingerprint density at radius 2 is 2.28 bits per heavy atom. The summed E-state index contributed by atoms with van der Waals surface area (Å²) in [5.74, 6) is 0.846. The van der Waals surface area contributed by atoms with Gasteiger partial charge in [0.1, 0.15) is 0 Å². The summed E-state index contributed by atoms with van der Waals surface area (Å²) in [6.45, 7) is 6.68. The van der Waals surface area contributed by atoms with Crippen LogP contribution in [0.15, 0.2) is 22.7 Å². The molecule has 1 aliphatic rings. The zero-order valence-electron chi connectivity index (χ0n) is 11.3. The van der Waals surface area contributed by atoms with Gasteiger partial charge in [-0.05, 0) is 59.3 Å². The first-order chi connectivity index (χ1) is 8.61. The lowest BCUT2D eigenvalue weighted by atomic mass is 9.95. The smallest absolute Gasteiger partial charge is 0.0510 e. The van der Waals surface area contributed by atoms with Crippen molar-refractivity contribution >= 4 is 21.6 Å². The minimum Gasteiger partial charge on any atom is -0.370 e. The first-order valence-electron chi connectivity index (χ1n) is 6.91. The zero-order chi connectivity index (χ0) is 13.1. The number of rotatable bonds is 3. The third kappa shape index (κ3) is 3.07. The molecular formula is C15H23BrN2. The summed E-state index contributed by atoms with van der Waals surface area (Å²) in [6, 6.07) is 6.62. The van der Waals surface area contributed by atoms with E-state index in [0.29, 0.717) is 0 Å². The number of hydrogen-bond donors (Lipinski definition) is 1. The lowest BCUT2D eigenvalue weighted by molar-refractivity contribution is 0.404. The maximum absolute atomic E-state index is 5.92. The van der Waals surface area contributed by atoms with Gasteiger partial charge in [0.2, 0.25) is 0 Å². The molecule has 2 N–H and O–H groups in total. The van der Waals surface area contributed by atoms with Gasteiger partial charge in [-0.25, -0.2) is 0 Å². The Balaban J connectivity index is 2.17. The van der Waals surface area contributed by atoms with Crippen LogP contribution in [-0.4, -0.2) is 13.1 Å². The molecule has 0 bridgehead atoms. The molecule has 1 unspecified atom stereocenters. The van der Waals surface area contributed by atoms with Crippen LogP contribution >= 0.6 is 15.9 Å². The van der Waals surface area contributed by atoms with Crippen molar-refractivity contribution in [3.8, 4) is 0 Å². The fourth-order valence-electron chi connectivity index (χ4n) is 2.68. The standard InChI is InChI=1S/C15H23BrN2/c1-3-12-5-4-8-18(10-12)15-7-6-13(11(2)17)9-14(15)16/h6-7,9,11-12H,3-5,8,10,17H2,1-2H3/t11-,12?/m1/s1. The van der Waals surface area contributed by atoms with Gasteiger partial charge >= 0.3 is 0 Å². The van der Waals surface area contributed by atoms with E-state index in [1.165, 1.54) is 48.1 Å². The van der Waals surface area contributed by atoms with E-state index in [2.05, 4.69) is 46.0 Å².